The molecule has 6 nitrogen and oxygen atoms in total. The van der Waals surface area contributed by atoms with Gasteiger partial charge in [0.05, 0.1) is 24.7 Å². The zero-order chi connectivity index (χ0) is 16.2. The summed E-state index contributed by atoms with van der Waals surface area (Å²) >= 11 is 0. The van der Waals surface area contributed by atoms with E-state index in [-0.39, 0.29) is 29.6 Å². The molecule has 0 saturated carbocycles. The summed E-state index contributed by atoms with van der Waals surface area (Å²) in [6.45, 7) is 1.98. The highest BCUT2D eigenvalue weighted by Crippen LogP contribution is 2.20. The molecule has 0 unspecified atom stereocenters. The average molecular weight is 326 g/mol. The lowest BCUT2D eigenvalue weighted by Gasteiger charge is -2.20. The molecule has 2 atom stereocenters. The first-order chi connectivity index (χ1) is 10.4. The molecule has 22 heavy (non-hydrogen) atoms. The molecule has 0 aliphatic carbocycles. The molecule has 2 rings (SSSR count). The normalized spacial score (nSPS) is 21.1. The van der Waals surface area contributed by atoms with Crippen molar-refractivity contribution < 1.29 is 17.9 Å². The summed E-state index contributed by atoms with van der Waals surface area (Å²) in [7, 11) is -1.39. The van der Waals surface area contributed by atoms with E-state index < -0.39 is 9.84 Å². The Balaban J connectivity index is 1.93. The molecule has 0 aromatic heterocycles. The number of sulfone groups is 1. The van der Waals surface area contributed by atoms with Crippen LogP contribution in [0.2, 0.25) is 0 Å². The number of carbonyl (C=O) groups is 1. The molecule has 1 aromatic carbocycles. The minimum atomic E-state index is -2.99. The molecule has 1 heterocycles. The molecule has 1 fully saturated rings. The predicted octanol–water partition coefficient (Wildman–Crippen LogP) is 1.63. The molecule has 0 bridgehead atoms. The zero-order valence-corrected chi connectivity index (χ0v) is 13.7. The van der Waals surface area contributed by atoms with Crippen molar-refractivity contribution in [2.24, 2.45) is 0 Å². The second kappa shape index (κ2) is 7.00. The largest absolute Gasteiger partial charge is 0.497 e. The number of nitrogens with one attached hydrogen (secondary N) is 2. The quantitative estimate of drug-likeness (QED) is 0.861. The molecule has 0 radical (unpaired) electrons. The van der Waals surface area contributed by atoms with Gasteiger partial charge in [-0.3, -0.25) is 0 Å². The molecule has 7 heteroatoms. The van der Waals surface area contributed by atoms with Gasteiger partial charge in [0.2, 0.25) is 0 Å². The van der Waals surface area contributed by atoms with Crippen LogP contribution in [0, 0.1) is 0 Å². The summed E-state index contributed by atoms with van der Waals surface area (Å²) in [6, 6.07) is 6.77. The zero-order valence-electron chi connectivity index (χ0n) is 12.8. The SMILES string of the molecule is CC[C@@H](NC(=O)N[C@@H]1CCS(=O)(=O)C1)c1ccc(OC)cc1. The van der Waals surface area contributed by atoms with E-state index in [0.717, 1.165) is 17.7 Å². The van der Waals surface area contributed by atoms with Crippen molar-refractivity contribution >= 4 is 15.9 Å². The Bertz CT molecular complexity index is 613. The number of benzene rings is 1. The minimum Gasteiger partial charge on any atom is -0.497 e. The van der Waals surface area contributed by atoms with E-state index in [1.807, 2.05) is 31.2 Å². The fraction of sp³-hybridized carbons (Fsp3) is 0.533. The Morgan fingerprint density at radius 3 is 2.55 bits per heavy atom. The first-order valence-electron chi connectivity index (χ1n) is 7.35. The van der Waals surface area contributed by atoms with Gasteiger partial charge in [-0.2, -0.15) is 0 Å². The van der Waals surface area contributed by atoms with E-state index in [2.05, 4.69) is 10.6 Å². The minimum absolute atomic E-state index is 0.0275. The summed E-state index contributed by atoms with van der Waals surface area (Å²) in [6.07, 6.45) is 1.22. The lowest BCUT2D eigenvalue weighted by molar-refractivity contribution is 0.233. The molecule has 2 N–H and O–H groups in total. The fourth-order valence-corrected chi connectivity index (χ4v) is 4.22. The van der Waals surface area contributed by atoms with Gasteiger partial charge in [0.25, 0.3) is 0 Å². The number of urea groups is 1. The van der Waals surface area contributed by atoms with E-state index in [4.69, 9.17) is 4.74 Å². The maximum atomic E-state index is 12.0. The van der Waals surface area contributed by atoms with Crippen LogP contribution in [0.15, 0.2) is 24.3 Å². The van der Waals surface area contributed by atoms with Crippen molar-refractivity contribution in [2.45, 2.75) is 31.8 Å². The number of carbonyl (C=O) groups excluding carboxylic acids is 1. The van der Waals surface area contributed by atoms with Crippen molar-refractivity contribution in [1.29, 1.82) is 0 Å². The molecular weight excluding hydrogens is 304 g/mol. The van der Waals surface area contributed by atoms with Crippen LogP contribution < -0.4 is 15.4 Å². The number of hydrogen-bond donors (Lipinski definition) is 2. The Kier molecular flexibility index (Phi) is 5.28. The van der Waals surface area contributed by atoms with E-state index >= 15 is 0 Å². The molecule has 1 saturated heterocycles. The number of methoxy groups -OCH3 is 1. The summed E-state index contributed by atoms with van der Waals surface area (Å²) in [4.78, 5) is 12.0. The molecule has 1 aliphatic heterocycles. The molecule has 0 spiro atoms. The number of ether oxygens (including phenoxy) is 1. The van der Waals surface area contributed by atoms with E-state index in [9.17, 15) is 13.2 Å². The second-order valence-corrected chi connectivity index (χ2v) is 7.68. The van der Waals surface area contributed by atoms with Gasteiger partial charge in [-0.15, -0.1) is 0 Å². The summed E-state index contributed by atoms with van der Waals surface area (Å²) in [5.74, 6) is 0.937. The van der Waals surface area contributed by atoms with Gasteiger partial charge >= 0.3 is 6.03 Å². The van der Waals surface area contributed by atoms with E-state index in [1.165, 1.54) is 0 Å². The van der Waals surface area contributed by atoms with E-state index in [0.29, 0.717) is 6.42 Å². The Labute approximate surface area is 131 Å². The number of hydrogen-bond acceptors (Lipinski definition) is 4. The first-order valence-corrected chi connectivity index (χ1v) is 9.17. The summed E-state index contributed by atoms with van der Waals surface area (Å²) in [5.41, 5.74) is 0.984. The first kappa shape index (κ1) is 16.6. The van der Waals surface area contributed by atoms with Crippen molar-refractivity contribution in [3.8, 4) is 5.75 Å². The van der Waals surface area contributed by atoms with Crippen LogP contribution in [0.4, 0.5) is 4.79 Å². The van der Waals surface area contributed by atoms with Gasteiger partial charge < -0.3 is 15.4 Å². The lowest BCUT2D eigenvalue weighted by Crippen LogP contribution is -2.43. The van der Waals surface area contributed by atoms with Crippen LogP contribution in [0.5, 0.6) is 5.75 Å². The maximum Gasteiger partial charge on any atom is 0.315 e. The fourth-order valence-electron chi connectivity index (χ4n) is 2.55. The third-order valence-electron chi connectivity index (χ3n) is 3.80. The molecule has 2 amide bonds. The molecule has 122 valence electrons. The average Bonchev–Trinajstić information content (AvgIpc) is 2.83. The number of amides is 2. The smallest absolute Gasteiger partial charge is 0.315 e. The van der Waals surface area contributed by atoms with Crippen molar-refractivity contribution in [3.63, 3.8) is 0 Å². The van der Waals surface area contributed by atoms with Crippen LogP contribution in [0.1, 0.15) is 31.4 Å². The summed E-state index contributed by atoms with van der Waals surface area (Å²) < 4.78 is 27.9. The number of rotatable bonds is 5. The van der Waals surface area contributed by atoms with Crippen molar-refractivity contribution in [3.05, 3.63) is 29.8 Å². The predicted molar refractivity (Wildman–Crippen MR) is 84.8 cm³/mol. The molecule has 1 aliphatic rings. The molecular formula is C15H22N2O4S. The highest BCUT2D eigenvalue weighted by molar-refractivity contribution is 7.91. The third kappa shape index (κ3) is 4.37. The van der Waals surface area contributed by atoms with Crippen LogP contribution in [0.3, 0.4) is 0 Å². The second-order valence-electron chi connectivity index (χ2n) is 5.45. The van der Waals surface area contributed by atoms with Gasteiger partial charge in [0.15, 0.2) is 9.84 Å². The third-order valence-corrected chi connectivity index (χ3v) is 5.57. The van der Waals surface area contributed by atoms with Crippen molar-refractivity contribution in [2.75, 3.05) is 18.6 Å². The van der Waals surface area contributed by atoms with Gasteiger partial charge in [-0.05, 0) is 30.5 Å². The Hall–Kier alpha value is -1.76. The Morgan fingerprint density at radius 1 is 1.36 bits per heavy atom. The lowest BCUT2D eigenvalue weighted by atomic mass is 10.0. The van der Waals surface area contributed by atoms with Crippen LogP contribution in [-0.2, 0) is 9.84 Å². The molecule has 1 aromatic rings. The standard InChI is InChI=1S/C15H22N2O4S/c1-3-14(11-4-6-13(21-2)7-5-11)17-15(18)16-12-8-9-22(19,20)10-12/h4-7,12,14H,3,8-10H2,1-2H3,(H2,16,17,18)/t12-,14-/m1/s1. The highest BCUT2D eigenvalue weighted by Gasteiger charge is 2.29. The van der Waals surface area contributed by atoms with Gasteiger partial charge in [-0.25, -0.2) is 13.2 Å². The summed E-state index contributed by atoms with van der Waals surface area (Å²) in [5, 5.41) is 5.63. The highest BCUT2D eigenvalue weighted by atomic mass is 32.2. The van der Waals surface area contributed by atoms with Crippen LogP contribution in [-0.4, -0.2) is 39.1 Å². The van der Waals surface area contributed by atoms with Crippen molar-refractivity contribution in [1.82, 2.24) is 10.6 Å². The Morgan fingerprint density at radius 2 is 2.05 bits per heavy atom. The van der Waals surface area contributed by atoms with Crippen LogP contribution in [0.25, 0.3) is 0 Å². The van der Waals surface area contributed by atoms with Crippen LogP contribution >= 0.6 is 0 Å². The maximum absolute atomic E-state index is 12.0. The van der Waals surface area contributed by atoms with Gasteiger partial charge in [-0.1, -0.05) is 19.1 Å². The van der Waals surface area contributed by atoms with Gasteiger partial charge in [0.1, 0.15) is 5.75 Å². The monoisotopic (exact) mass is 326 g/mol. The van der Waals surface area contributed by atoms with E-state index in [1.54, 1.807) is 7.11 Å². The topological polar surface area (TPSA) is 84.5 Å². The van der Waals surface area contributed by atoms with Gasteiger partial charge in [0, 0.05) is 6.04 Å².